The molecule has 3 heteroatoms. The van der Waals surface area contributed by atoms with Crippen molar-refractivity contribution >= 4 is 10.0 Å². The third-order valence-corrected chi connectivity index (χ3v) is 9.94. The normalized spacial score (nSPS) is 20.7. The number of piperazine rings is 1. The first-order valence-electron chi connectivity index (χ1n) is 8.60. The average molecular weight is 335 g/mol. The van der Waals surface area contributed by atoms with Gasteiger partial charge in [-0.05, 0) is 35.0 Å². The maximum absolute atomic E-state index is 4.31. The molecule has 0 amide bonds. The summed E-state index contributed by atoms with van der Waals surface area (Å²) in [5, 5.41) is 3.54. The summed E-state index contributed by atoms with van der Waals surface area (Å²) in [7, 11) is -0.595. The Bertz CT molecular complexity index is 516. The molecule has 1 unspecified atom stereocenters. The summed E-state index contributed by atoms with van der Waals surface area (Å²) in [6, 6.07) is 11.3. The Morgan fingerprint density at radius 2 is 1.87 bits per heavy atom. The van der Waals surface area contributed by atoms with Crippen LogP contribution in [0.2, 0.25) is 0 Å². The molecule has 0 radical (unpaired) electrons. The predicted molar refractivity (Wildman–Crippen MR) is 106 cm³/mol. The molecule has 0 aromatic heterocycles. The number of benzene rings is 1. The molecular formula is C20H34N2S. The molecule has 1 aromatic carbocycles. The minimum absolute atomic E-state index is 0.413. The SMILES string of the molecule is C=C1CNCC(CCS(C)(C)C(C)(C)C)N1Cc1ccccc1. The maximum atomic E-state index is 4.31. The minimum atomic E-state index is -0.595. The maximum Gasteiger partial charge on any atom is 0.0430 e. The lowest BCUT2D eigenvalue weighted by Crippen LogP contribution is -2.49. The standard InChI is InChI=1S/C20H34N2S/c1-17-14-21-15-19(12-13-23(5,6)20(2,3)4)22(17)16-18-10-8-7-9-11-18/h7-11,19,21H,1,12-16H2,2-6H3. The molecule has 1 saturated heterocycles. The second kappa shape index (κ2) is 7.31. The largest absolute Gasteiger partial charge is 0.366 e. The van der Waals surface area contributed by atoms with E-state index in [1.54, 1.807) is 0 Å². The van der Waals surface area contributed by atoms with Gasteiger partial charge in [0, 0.05) is 31.4 Å². The summed E-state index contributed by atoms with van der Waals surface area (Å²) in [6.45, 7) is 14.5. The monoisotopic (exact) mass is 334 g/mol. The van der Waals surface area contributed by atoms with Gasteiger partial charge < -0.3 is 10.2 Å². The van der Waals surface area contributed by atoms with Gasteiger partial charge in [-0.1, -0.05) is 57.7 Å². The van der Waals surface area contributed by atoms with E-state index in [0.29, 0.717) is 10.8 Å². The van der Waals surface area contributed by atoms with Crippen molar-refractivity contribution in [2.45, 2.75) is 44.5 Å². The zero-order valence-corrected chi connectivity index (χ0v) is 16.4. The highest BCUT2D eigenvalue weighted by molar-refractivity contribution is 8.33. The molecule has 1 aromatic rings. The average Bonchev–Trinajstić information content (AvgIpc) is 2.48. The van der Waals surface area contributed by atoms with Crippen molar-refractivity contribution in [3.05, 3.63) is 48.2 Å². The second-order valence-corrected chi connectivity index (χ2v) is 12.8. The zero-order valence-electron chi connectivity index (χ0n) is 15.6. The molecule has 1 fully saturated rings. The van der Waals surface area contributed by atoms with Gasteiger partial charge in [0.2, 0.25) is 0 Å². The molecule has 0 bridgehead atoms. The van der Waals surface area contributed by atoms with E-state index in [1.165, 1.54) is 23.4 Å². The van der Waals surface area contributed by atoms with Crippen LogP contribution in [0.5, 0.6) is 0 Å². The summed E-state index contributed by atoms with van der Waals surface area (Å²) in [5.41, 5.74) is 2.61. The van der Waals surface area contributed by atoms with Crippen molar-refractivity contribution in [1.82, 2.24) is 10.2 Å². The van der Waals surface area contributed by atoms with Crippen LogP contribution in [-0.2, 0) is 6.54 Å². The van der Waals surface area contributed by atoms with Crippen LogP contribution in [0.1, 0.15) is 32.8 Å². The Kier molecular flexibility index (Phi) is 5.85. The van der Waals surface area contributed by atoms with Crippen molar-refractivity contribution in [1.29, 1.82) is 0 Å². The topological polar surface area (TPSA) is 15.3 Å². The van der Waals surface area contributed by atoms with E-state index in [2.05, 4.69) is 80.4 Å². The van der Waals surface area contributed by atoms with Crippen molar-refractivity contribution in [2.24, 2.45) is 0 Å². The fraction of sp³-hybridized carbons (Fsp3) is 0.600. The number of hydrogen-bond donors (Lipinski definition) is 1. The van der Waals surface area contributed by atoms with Gasteiger partial charge in [-0.3, -0.25) is 0 Å². The van der Waals surface area contributed by atoms with Crippen LogP contribution < -0.4 is 5.32 Å². The Balaban J connectivity index is 2.04. The highest BCUT2D eigenvalue weighted by Gasteiger charge is 2.30. The molecule has 0 saturated carbocycles. The number of nitrogens with one attached hydrogen (secondary N) is 1. The Labute approximate surface area is 144 Å². The van der Waals surface area contributed by atoms with Gasteiger partial charge in [-0.25, -0.2) is 10.0 Å². The summed E-state index contributed by atoms with van der Waals surface area (Å²) in [5.74, 6) is 1.32. The first kappa shape index (κ1) is 18.4. The zero-order chi connectivity index (χ0) is 17.1. The quantitative estimate of drug-likeness (QED) is 0.867. The summed E-state index contributed by atoms with van der Waals surface area (Å²) in [6.07, 6.45) is 6.22. The molecule has 1 aliphatic heterocycles. The van der Waals surface area contributed by atoms with E-state index >= 15 is 0 Å². The van der Waals surface area contributed by atoms with Gasteiger partial charge >= 0.3 is 0 Å². The molecule has 0 aliphatic carbocycles. The Hall–Kier alpha value is -0.930. The molecule has 2 nitrogen and oxygen atoms in total. The fourth-order valence-electron chi connectivity index (χ4n) is 2.87. The smallest absolute Gasteiger partial charge is 0.0430 e. The van der Waals surface area contributed by atoms with E-state index in [4.69, 9.17) is 0 Å². The molecule has 1 aliphatic rings. The van der Waals surface area contributed by atoms with Gasteiger partial charge in [0.25, 0.3) is 0 Å². The van der Waals surface area contributed by atoms with Crippen molar-refractivity contribution < 1.29 is 0 Å². The van der Waals surface area contributed by atoms with Gasteiger partial charge in [0.1, 0.15) is 0 Å². The minimum Gasteiger partial charge on any atom is -0.366 e. The van der Waals surface area contributed by atoms with Gasteiger partial charge in [0.05, 0.1) is 0 Å². The molecule has 1 atom stereocenters. The number of hydrogen-bond acceptors (Lipinski definition) is 2. The van der Waals surface area contributed by atoms with Crippen LogP contribution in [0.4, 0.5) is 0 Å². The lowest BCUT2D eigenvalue weighted by Gasteiger charge is -2.47. The van der Waals surface area contributed by atoms with Crippen molar-refractivity contribution in [3.63, 3.8) is 0 Å². The molecular weight excluding hydrogens is 300 g/mol. The summed E-state index contributed by atoms with van der Waals surface area (Å²) >= 11 is 0. The Morgan fingerprint density at radius 1 is 1.22 bits per heavy atom. The van der Waals surface area contributed by atoms with Crippen molar-refractivity contribution in [2.75, 3.05) is 31.4 Å². The number of nitrogens with zero attached hydrogens (tertiary/aromatic N) is 1. The van der Waals surface area contributed by atoms with Crippen LogP contribution in [0, 0.1) is 0 Å². The molecule has 23 heavy (non-hydrogen) atoms. The van der Waals surface area contributed by atoms with Gasteiger partial charge in [-0.2, -0.15) is 0 Å². The van der Waals surface area contributed by atoms with E-state index in [1.807, 2.05) is 0 Å². The summed E-state index contributed by atoms with van der Waals surface area (Å²) < 4.78 is 0.413. The van der Waals surface area contributed by atoms with E-state index in [0.717, 1.165) is 19.6 Å². The van der Waals surface area contributed by atoms with Crippen LogP contribution in [0.25, 0.3) is 0 Å². The third-order valence-electron chi connectivity index (χ3n) is 5.37. The summed E-state index contributed by atoms with van der Waals surface area (Å²) in [4.78, 5) is 2.53. The first-order chi connectivity index (χ1) is 10.7. The van der Waals surface area contributed by atoms with Crippen molar-refractivity contribution in [3.8, 4) is 0 Å². The molecule has 130 valence electrons. The lowest BCUT2D eigenvalue weighted by atomic mass is 10.1. The molecule has 2 rings (SSSR count). The molecule has 1 N–H and O–H groups in total. The predicted octanol–water partition coefficient (Wildman–Crippen LogP) is 4.23. The van der Waals surface area contributed by atoms with E-state index < -0.39 is 10.0 Å². The van der Waals surface area contributed by atoms with E-state index in [-0.39, 0.29) is 0 Å². The molecule has 1 heterocycles. The Morgan fingerprint density at radius 3 is 2.48 bits per heavy atom. The van der Waals surface area contributed by atoms with Crippen LogP contribution in [0.3, 0.4) is 0 Å². The first-order valence-corrected chi connectivity index (χ1v) is 11.2. The number of rotatable bonds is 5. The highest BCUT2D eigenvalue weighted by atomic mass is 32.3. The highest BCUT2D eigenvalue weighted by Crippen LogP contribution is 2.53. The van der Waals surface area contributed by atoms with Crippen LogP contribution in [-0.4, -0.2) is 47.0 Å². The van der Waals surface area contributed by atoms with Crippen LogP contribution in [0.15, 0.2) is 42.6 Å². The third kappa shape index (κ3) is 4.77. The second-order valence-electron chi connectivity index (χ2n) is 8.11. The molecule has 0 spiro atoms. The fourth-order valence-corrected chi connectivity index (χ4v) is 4.34. The van der Waals surface area contributed by atoms with Crippen LogP contribution >= 0.6 is 10.0 Å². The lowest BCUT2D eigenvalue weighted by molar-refractivity contribution is 0.200. The van der Waals surface area contributed by atoms with Gasteiger partial charge in [-0.15, -0.1) is 0 Å². The van der Waals surface area contributed by atoms with E-state index in [9.17, 15) is 0 Å². The van der Waals surface area contributed by atoms with Gasteiger partial charge in [0.15, 0.2) is 0 Å².